The van der Waals surface area contributed by atoms with Crippen LogP contribution in [0.25, 0.3) is 0 Å². The molecule has 1 saturated heterocycles. The van der Waals surface area contributed by atoms with Crippen molar-refractivity contribution in [1.29, 1.82) is 0 Å². The number of methoxy groups -OCH3 is 1. The molecule has 0 saturated carbocycles. The first-order valence-electron chi connectivity index (χ1n) is 8.67. The van der Waals surface area contributed by atoms with Gasteiger partial charge in [0.1, 0.15) is 30.5 Å². The summed E-state index contributed by atoms with van der Waals surface area (Å²) in [5.74, 6) is -1.83. The maximum absolute atomic E-state index is 10.8. The third kappa shape index (κ3) is 3.60. The standard InChI is InChI=1S/C19H23ClO7S/c1-9-3-4-10(7-11(9)15(22)13-5-6-14(20)28-13)19(26-2)18(25)17(24)16(23)12(8-21)27-19/h3-7,12,15-18,21-25H,8H2,1-2H3/t12-,15?,16-,17+,18-,19?/m1/s1. The monoisotopic (exact) mass is 430 g/mol. The molecule has 2 unspecified atom stereocenters. The van der Waals surface area contributed by atoms with E-state index in [9.17, 15) is 25.5 Å². The predicted octanol–water partition coefficient (Wildman–Crippen LogP) is 1.06. The molecule has 3 rings (SSSR count). The van der Waals surface area contributed by atoms with Gasteiger partial charge >= 0.3 is 0 Å². The van der Waals surface area contributed by atoms with Gasteiger partial charge in [0, 0.05) is 17.6 Å². The summed E-state index contributed by atoms with van der Waals surface area (Å²) < 4.78 is 11.7. The normalized spacial score (nSPS) is 31.7. The molecule has 1 aliphatic rings. The summed E-state index contributed by atoms with van der Waals surface area (Å²) >= 11 is 7.22. The van der Waals surface area contributed by atoms with Crippen molar-refractivity contribution >= 4 is 22.9 Å². The number of benzene rings is 1. The Morgan fingerprint density at radius 1 is 1.21 bits per heavy atom. The second-order valence-electron chi connectivity index (χ2n) is 6.75. The topological polar surface area (TPSA) is 120 Å². The molecule has 6 atom stereocenters. The zero-order chi connectivity index (χ0) is 20.6. The van der Waals surface area contributed by atoms with Gasteiger partial charge in [-0.3, -0.25) is 0 Å². The van der Waals surface area contributed by atoms with E-state index in [1.54, 1.807) is 30.3 Å². The molecule has 2 aromatic rings. The number of rotatable bonds is 5. The van der Waals surface area contributed by atoms with Crippen LogP contribution >= 0.6 is 22.9 Å². The number of hydrogen-bond acceptors (Lipinski definition) is 8. The minimum Gasteiger partial charge on any atom is -0.394 e. The van der Waals surface area contributed by atoms with E-state index in [0.717, 1.165) is 5.56 Å². The van der Waals surface area contributed by atoms with Crippen molar-refractivity contribution in [3.05, 3.63) is 56.2 Å². The lowest BCUT2D eigenvalue weighted by Crippen LogP contribution is -2.64. The van der Waals surface area contributed by atoms with E-state index in [0.29, 0.717) is 20.3 Å². The molecule has 5 N–H and O–H groups in total. The zero-order valence-corrected chi connectivity index (χ0v) is 16.9. The van der Waals surface area contributed by atoms with E-state index in [2.05, 4.69) is 0 Å². The molecule has 0 spiro atoms. The Kier molecular flexibility index (Phi) is 6.45. The van der Waals surface area contributed by atoms with E-state index in [1.807, 2.05) is 6.92 Å². The van der Waals surface area contributed by atoms with Gasteiger partial charge in [0.05, 0.1) is 10.9 Å². The van der Waals surface area contributed by atoms with Gasteiger partial charge in [-0.2, -0.15) is 0 Å². The van der Waals surface area contributed by atoms with Crippen molar-refractivity contribution in [3.63, 3.8) is 0 Å². The fourth-order valence-corrected chi connectivity index (χ4v) is 4.51. The molecular weight excluding hydrogens is 408 g/mol. The SMILES string of the molecule is COC1(c2ccc(C)c(C(O)c3ccc(Cl)s3)c2)O[C@H](CO)[C@@H](O)[C@H](O)[C@H]1O. The van der Waals surface area contributed by atoms with Crippen molar-refractivity contribution in [3.8, 4) is 0 Å². The number of thiophene rings is 1. The minimum absolute atomic E-state index is 0.328. The molecule has 0 bridgehead atoms. The highest BCUT2D eigenvalue weighted by atomic mass is 35.5. The number of aliphatic hydroxyl groups is 5. The third-order valence-electron chi connectivity index (χ3n) is 5.09. The van der Waals surface area contributed by atoms with Crippen LogP contribution < -0.4 is 0 Å². The first-order chi connectivity index (χ1) is 13.2. The Bertz CT molecular complexity index is 826. The summed E-state index contributed by atoms with van der Waals surface area (Å²) in [7, 11) is 1.29. The fourth-order valence-electron chi connectivity index (χ4n) is 3.45. The van der Waals surface area contributed by atoms with Crippen molar-refractivity contribution in [1.82, 2.24) is 0 Å². The Morgan fingerprint density at radius 3 is 2.50 bits per heavy atom. The lowest BCUT2D eigenvalue weighted by Gasteiger charge is -2.47. The van der Waals surface area contributed by atoms with Crippen LogP contribution in [-0.2, 0) is 15.3 Å². The molecule has 2 heterocycles. The highest BCUT2D eigenvalue weighted by Gasteiger charge is 2.55. The largest absolute Gasteiger partial charge is 0.394 e. The second-order valence-corrected chi connectivity index (χ2v) is 8.50. The van der Waals surface area contributed by atoms with Gasteiger partial charge in [0.2, 0.25) is 5.79 Å². The van der Waals surface area contributed by atoms with Gasteiger partial charge in [0.25, 0.3) is 0 Å². The zero-order valence-electron chi connectivity index (χ0n) is 15.3. The summed E-state index contributed by atoms with van der Waals surface area (Å²) in [5.41, 5.74) is 1.66. The summed E-state index contributed by atoms with van der Waals surface area (Å²) in [5, 5.41) is 51.2. The van der Waals surface area contributed by atoms with Crippen molar-refractivity contribution in [2.24, 2.45) is 0 Å². The Hall–Kier alpha value is -1.07. The highest BCUT2D eigenvalue weighted by molar-refractivity contribution is 7.16. The number of aryl methyl sites for hydroxylation is 1. The van der Waals surface area contributed by atoms with Crippen LogP contribution in [0, 0.1) is 6.92 Å². The Balaban J connectivity index is 2.06. The number of hydrogen-bond donors (Lipinski definition) is 5. The number of halogens is 1. The molecule has 9 heteroatoms. The third-order valence-corrected chi connectivity index (χ3v) is 6.38. The molecule has 1 aromatic heterocycles. The minimum atomic E-state index is -1.83. The van der Waals surface area contributed by atoms with Crippen molar-refractivity contribution in [2.45, 2.75) is 43.2 Å². The molecule has 1 aliphatic heterocycles. The lowest BCUT2D eigenvalue weighted by atomic mass is 9.86. The first-order valence-corrected chi connectivity index (χ1v) is 9.87. The molecule has 154 valence electrons. The van der Waals surface area contributed by atoms with Gasteiger partial charge < -0.3 is 35.0 Å². The van der Waals surface area contributed by atoms with Crippen LogP contribution in [0.3, 0.4) is 0 Å². The van der Waals surface area contributed by atoms with Gasteiger partial charge in [0.15, 0.2) is 0 Å². The van der Waals surface area contributed by atoms with Crippen LogP contribution in [0.2, 0.25) is 4.34 Å². The molecule has 7 nitrogen and oxygen atoms in total. The summed E-state index contributed by atoms with van der Waals surface area (Å²) in [6.45, 7) is 1.25. The summed E-state index contributed by atoms with van der Waals surface area (Å²) in [6.07, 6.45) is -6.83. The average molecular weight is 431 g/mol. The van der Waals surface area contributed by atoms with Crippen molar-refractivity contribution < 1.29 is 35.0 Å². The van der Waals surface area contributed by atoms with E-state index < -0.39 is 42.9 Å². The Morgan fingerprint density at radius 2 is 1.93 bits per heavy atom. The average Bonchev–Trinajstić information content (AvgIpc) is 3.13. The molecular formula is C19H23ClO7S. The molecule has 1 aromatic carbocycles. The van der Waals surface area contributed by atoms with E-state index in [1.165, 1.54) is 18.4 Å². The van der Waals surface area contributed by atoms with Crippen LogP contribution in [0.1, 0.15) is 27.7 Å². The van der Waals surface area contributed by atoms with E-state index in [-0.39, 0.29) is 0 Å². The van der Waals surface area contributed by atoms with Gasteiger partial charge in [-0.05, 0) is 36.2 Å². The first kappa shape index (κ1) is 21.6. The summed E-state index contributed by atoms with van der Waals surface area (Å²) in [4.78, 5) is 0.644. The maximum atomic E-state index is 10.8. The van der Waals surface area contributed by atoms with Crippen LogP contribution in [0.15, 0.2) is 30.3 Å². The van der Waals surface area contributed by atoms with E-state index >= 15 is 0 Å². The maximum Gasteiger partial charge on any atom is 0.224 e. The smallest absolute Gasteiger partial charge is 0.224 e. The van der Waals surface area contributed by atoms with Crippen molar-refractivity contribution in [2.75, 3.05) is 13.7 Å². The second kappa shape index (κ2) is 8.35. The highest BCUT2D eigenvalue weighted by Crippen LogP contribution is 2.41. The van der Waals surface area contributed by atoms with Gasteiger partial charge in [-0.25, -0.2) is 0 Å². The molecule has 0 radical (unpaired) electrons. The number of ether oxygens (including phenoxy) is 2. The number of aliphatic hydroxyl groups excluding tert-OH is 5. The van der Waals surface area contributed by atoms with Crippen LogP contribution in [0.4, 0.5) is 0 Å². The van der Waals surface area contributed by atoms with E-state index in [4.69, 9.17) is 21.1 Å². The van der Waals surface area contributed by atoms with Gasteiger partial charge in [-0.15, -0.1) is 11.3 Å². The van der Waals surface area contributed by atoms with Gasteiger partial charge in [-0.1, -0.05) is 23.7 Å². The molecule has 1 fully saturated rings. The predicted molar refractivity (Wildman–Crippen MR) is 103 cm³/mol. The van der Waals surface area contributed by atoms with Crippen LogP contribution in [-0.4, -0.2) is 63.7 Å². The van der Waals surface area contributed by atoms with Crippen LogP contribution in [0.5, 0.6) is 0 Å². The lowest BCUT2D eigenvalue weighted by molar-refractivity contribution is -0.366. The molecule has 0 aliphatic carbocycles. The Labute approximate surface area is 171 Å². The fraction of sp³-hybridized carbons (Fsp3) is 0.474. The quantitative estimate of drug-likeness (QED) is 0.481. The molecule has 0 amide bonds. The summed E-state index contributed by atoms with van der Waals surface area (Å²) in [6, 6.07) is 8.39. The molecule has 28 heavy (non-hydrogen) atoms.